The Hall–Kier alpha value is -1.61. The van der Waals surface area contributed by atoms with Crippen LogP contribution in [0.2, 0.25) is 0 Å². The van der Waals surface area contributed by atoms with Crippen molar-refractivity contribution in [3.8, 4) is 0 Å². The number of nitrogens with zero attached hydrogens (tertiary/aromatic N) is 2. The van der Waals surface area contributed by atoms with Crippen molar-refractivity contribution in [1.82, 2.24) is 9.88 Å². The van der Waals surface area contributed by atoms with Gasteiger partial charge in [0.1, 0.15) is 5.82 Å². The summed E-state index contributed by atoms with van der Waals surface area (Å²) in [5.41, 5.74) is 5.03. The average Bonchev–Trinajstić information content (AvgIpc) is 2.80. The van der Waals surface area contributed by atoms with E-state index < -0.39 is 0 Å². The lowest BCUT2D eigenvalue weighted by Gasteiger charge is -2.16. The number of likely N-dealkylation sites (tertiary alicyclic amines) is 1. The Morgan fingerprint density at radius 1 is 1.20 bits per heavy atom. The first-order chi connectivity index (χ1) is 9.54. The number of likely N-dealkylation sites (N-methyl/N-ethyl adjacent to an activating group) is 1. The molecule has 0 bridgehead atoms. The van der Waals surface area contributed by atoms with Crippen molar-refractivity contribution in [3.63, 3.8) is 0 Å². The smallest absolute Gasteiger partial charge is 0.127 e. The van der Waals surface area contributed by atoms with Gasteiger partial charge in [0.05, 0.1) is 5.52 Å². The Labute approximate surface area is 121 Å². The molecular weight excluding hydrogens is 246 g/mol. The Kier molecular flexibility index (Phi) is 3.38. The summed E-state index contributed by atoms with van der Waals surface area (Å²) in [6.45, 7) is 8.76. The van der Waals surface area contributed by atoms with Gasteiger partial charge in [-0.2, -0.15) is 0 Å². The molecule has 3 rings (SSSR count). The molecule has 1 aromatic carbocycles. The van der Waals surface area contributed by atoms with E-state index in [1.165, 1.54) is 35.0 Å². The van der Waals surface area contributed by atoms with Crippen LogP contribution in [0.5, 0.6) is 0 Å². The molecule has 0 unspecified atom stereocenters. The number of benzene rings is 1. The molecule has 3 heteroatoms. The zero-order valence-electron chi connectivity index (χ0n) is 12.8. The lowest BCUT2D eigenvalue weighted by atomic mass is 10.0. The van der Waals surface area contributed by atoms with Gasteiger partial charge < -0.3 is 10.2 Å². The normalized spacial score (nSPS) is 19.7. The highest BCUT2D eigenvalue weighted by molar-refractivity contribution is 5.87. The van der Waals surface area contributed by atoms with Gasteiger partial charge in [0, 0.05) is 18.0 Å². The maximum atomic E-state index is 4.86. The van der Waals surface area contributed by atoms with E-state index in [2.05, 4.69) is 56.2 Å². The van der Waals surface area contributed by atoms with Gasteiger partial charge in [-0.05, 0) is 63.5 Å². The molecule has 0 amide bonds. The first-order valence-electron chi connectivity index (χ1n) is 7.37. The Morgan fingerprint density at radius 2 is 2.00 bits per heavy atom. The summed E-state index contributed by atoms with van der Waals surface area (Å²) in [6, 6.07) is 7.07. The van der Waals surface area contributed by atoms with Crippen molar-refractivity contribution in [2.45, 2.75) is 33.2 Å². The number of anilines is 1. The monoisotopic (exact) mass is 269 g/mol. The standard InChI is InChI=1S/C17H23N3/c1-11-5-6-15-12(2)9-16(19-17(15)13(11)3)18-14-7-8-20(4)10-14/h5-6,9,14H,7-8,10H2,1-4H3,(H,18,19)/t14-/m0/s1. The molecule has 1 atom stereocenters. The van der Waals surface area contributed by atoms with Gasteiger partial charge in [0.25, 0.3) is 0 Å². The quantitative estimate of drug-likeness (QED) is 0.907. The molecule has 1 N–H and O–H groups in total. The van der Waals surface area contributed by atoms with Crippen LogP contribution in [0.3, 0.4) is 0 Å². The fraction of sp³-hybridized carbons (Fsp3) is 0.471. The molecule has 20 heavy (non-hydrogen) atoms. The van der Waals surface area contributed by atoms with Gasteiger partial charge in [-0.25, -0.2) is 4.98 Å². The van der Waals surface area contributed by atoms with Gasteiger partial charge in [0.15, 0.2) is 0 Å². The molecule has 106 valence electrons. The van der Waals surface area contributed by atoms with Gasteiger partial charge in [-0.15, -0.1) is 0 Å². The zero-order valence-corrected chi connectivity index (χ0v) is 12.8. The largest absolute Gasteiger partial charge is 0.366 e. The van der Waals surface area contributed by atoms with Crippen molar-refractivity contribution >= 4 is 16.7 Å². The summed E-state index contributed by atoms with van der Waals surface area (Å²) < 4.78 is 0. The third kappa shape index (κ3) is 2.38. The van der Waals surface area contributed by atoms with Gasteiger partial charge >= 0.3 is 0 Å². The molecule has 0 aliphatic carbocycles. The Balaban J connectivity index is 1.98. The summed E-state index contributed by atoms with van der Waals surface area (Å²) in [4.78, 5) is 7.22. The Bertz CT molecular complexity index is 648. The first-order valence-corrected chi connectivity index (χ1v) is 7.37. The van der Waals surface area contributed by atoms with Crippen molar-refractivity contribution in [2.24, 2.45) is 0 Å². The van der Waals surface area contributed by atoms with E-state index in [1.807, 2.05) is 0 Å². The number of hydrogen-bond acceptors (Lipinski definition) is 3. The molecule has 0 spiro atoms. The van der Waals surface area contributed by atoms with Crippen molar-refractivity contribution < 1.29 is 0 Å². The number of fused-ring (bicyclic) bond motifs is 1. The van der Waals surface area contributed by atoms with E-state index in [0.717, 1.165) is 17.9 Å². The molecule has 3 nitrogen and oxygen atoms in total. The number of aromatic nitrogens is 1. The molecular formula is C17H23N3. The first kappa shape index (κ1) is 13.4. The highest BCUT2D eigenvalue weighted by Gasteiger charge is 2.19. The fourth-order valence-electron chi connectivity index (χ4n) is 3.03. The summed E-state index contributed by atoms with van der Waals surface area (Å²) in [5.74, 6) is 1.02. The van der Waals surface area contributed by atoms with Crippen LogP contribution in [0.25, 0.3) is 10.9 Å². The molecule has 0 radical (unpaired) electrons. The minimum Gasteiger partial charge on any atom is -0.366 e. The zero-order chi connectivity index (χ0) is 14.3. The summed E-state index contributed by atoms with van der Waals surface area (Å²) in [6.07, 6.45) is 1.20. The van der Waals surface area contributed by atoms with Crippen LogP contribution in [0.15, 0.2) is 18.2 Å². The molecule has 1 aliphatic rings. The molecule has 1 fully saturated rings. The van der Waals surface area contributed by atoms with Gasteiger partial charge in [0.2, 0.25) is 0 Å². The fourth-order valence-corrected chi connectivity index (χ4v) is 3.03. The minimum absolute atomic E-state index is 0.523. The van der Waals surface area contributed by atoms with Crippen LogP contribution < -0.4 is 5.32 Å². The predicted octanol–water partition coefficient (Wildman–Crippen LogP) is 3.28. The summed E-state index contributed by atoms with van der Waals surface area (Å²) in [7, 11) is 2.17. The molecule has 2 heterocycles. The van der Waals surface area contributed by atoms with E-state index in [0.29, 0.717) is 6.04 Å². The average molecular weight is 269 g/mol. The number of rotatable bonds is 2. The SMILES string of the molecule is Cc1ccc2c(C)cc(N[C@H]3CCN(C)C3)nc2c1C. The second-order valence-corrected chi connectivity index (χ2v) is 6.12. The maximum Gasteiger partial charge on any atom is 0.127 e. The number of aryl methyl sites for hydroxylation is 3. The second kappa shape index (κ2) is 5.06. The number of nitrogens with one attached hydrogen (secondary N) is 1. The van der Waals surface area contributed by atoms with E-state index in [-0.39, 0.29) is 0 Å². The highest BCUT2D eigenvalue weighted by Crippen LogP contribution is 2.26. The Morgan fingerprint density at radius 3 is 2.70 bits per heavy atom. The van der Waals surface area contributed by atoms with Crippen molar-refractivity contribution in [1.29, 1.82) is 0 Å². The van der Waals surface area contributed by atoms with Gasteiger partial charge in [-0.3, -0.25) is 0 Å². The topological polar surface area (TPSA) is 28.2 Å². The molecule has 1 aliphatic heterocycles. The lowest BCUT2D eigenvalue weighted by Crippen LogP contribution is -2.24. The van der Waals surface area contributed by atoms with E-state index >= 15 is 0 Å². The molecule has 1 saturated heterocycles. The van der Waals surface area contributed by atoms with E-state index in [4.69, 9.17) is 4.98 Å². The molecule has 2 aromatic rings. The van der Waals surface area contributed by atoms with Crippen LogP contribution in [-0.2, 0) is 0 Å². The summed E-state index contributed by atoms with van der Waals surface area (Å²) in [5, 5.41) is 4.86. The molecule has 1 aromatic heterocycles. The van der Waals surface area contributed by atoms with Crippen LogP contribution in [0, 0.1) is 20.8 Å². The second-order valence-electron chi connectivity index (χ2n) is 6.12. The highest BCUT2D eigenvalue weighted by atomic mass is 15.2. The minimum atomic E-state index is 0.523. The van der Waals surface area contributed by atoms with E-state index in [9.17, 15) is 0 Å². The van der Waals surface area contributed by atoms with Crippen LogP contribution in [0.4, 0.5) is 5.82 Å². The van der Waals surface area contributed by atoms with Crippen LogP contribution in [0.1, 0.15) is 23.1 Å². The summed E-state index contributed by atoms with van der Waals surface area (Å²) >= 11 is 0. The third-order valence-corrected chi connectivity index (χ3v) is 4.46. The van der Waals surface area contributed by atoms with Crippen LogP contribution >= 0.6 is 0 Å². The lowest BCUT2D eigenvalue weighted by molar-refractivity contribution is 0.414. The number of pyridine rings is 1. The van der Waals surface area contributed by atoms with Crippen molar-refractivity contribution in [3.05, 3.63) is 34.9 Å². The van der Waals surface area contributed by atoms with Crippen molar-refractivity contribution in [2.75, 3.05) is 25.5 Å². The molecule has 0 saturated carbocycles. The number of hydrogen-bond donors (Lipinski definition) is 1. The third-order valence-electron chi connectivity index (χ3n) is 4.46. The van der Waals surface area contributed by atoms with E-state index in [1.54, 1.807) is 0 Å². The van der Waals surface area contributed by atoms with Crippen LogP contribution in [-0.4, -0.2) is 36.1 Å². The van der Waals surface area contributed by atoms with Gasteiger partial charge in [-0.1, -0.05) is 12.1 Å². The maximum absolute atomic E-state index is 4.86. The predicted molar refractivity (Wildman–Crippen MR) is 85.5 cm³/mol.